The molecular formula is C47H55N3O11. The zero-order valence-electron chi connectivity index (χ0n) is 35.0. The Kier molecular flexibility index (Phi) is 17.3. The fourth-order valence-electron chi connectivity index (χ4n) is 7.22. The van der Waals surface area contributed by atoms with E-state index in [0.717, 1.165) is 22.3 Å². The Balaban J connectivity index is 1.39. The van der Waals surface area contributed by atoms with Gasteiger partial charge in [-0.1, -0.05) is 114 Å². The average molecular weight is 838 g/mol. The normalized spacial score (nSPS) is 26.7. The highest BCUT2D eigenvalue weighted by molar-refractivity contribution is 5.66. The molecule has 4 aromatic carbocycles. The molecule has 4 aromatic rings. The Labute approximate surface area is 357 Å². The van der Waals surface area contributed by atoms with Gasteiger partial charge in [0.1, 0.15) is 42.3 Å². The van der Waals surface area contributed by atoms with Gasteiger partial charge in [-0.05, 0) is 53.8 Å². The third kappa shape index (κ3) is 12.9. The molecule has 2 saturated heterocycles. The van der Waals surface area contributed by atoms with E-state index >= 15 is 0 Å². The number of esters is 1. The van der Waals surface area contributed by atoms with E-state index in [1.807, 2.05) is 115 Å². The first-order chi connectivity index (χ1) is 29.8. The second-order valence-electron chi connectivity index (χ2n) is 14.8. The summed E-state index contributed by atoms with van der Waals surface area (Å²) >= 11 is 0. The summed E-state index contributed by atoms with van der Waals surface area (Å²) < 4.78 is 64.3. The standard InChI is InChI=1S/C47H55N3O11/c1-6-31(2)57-46-40(49-50-48)43(54-29-37-22-24-38(52-5)25-23-37)42(39(60-46)30-53-26-34-16-10-7-11-17-34)61-47-45(56-28-36-20-14-9-15-21-36)44(41(32(3)58-47)59-33(4)51)55-27-35-18-12-8-13-19-35/h6-25,31-32,39-47H,1,26-30H2,2-5H3/t31?,32-,39+,40+,41+,42+,43+,44+,45-,46+,47?/m0/s1. The first kappa shape index (κ1) is 45.4. The van der Waals surface area contributed by atoms with Crippen LogP contribution in [0.1, 0.15) is 43.0 Å². The van der Waals surface area contributed by atoms with Crippen LogP contribution in [0.15, 0.2) is 133 Å². The van der Waals surface area contributed by atoms with Crippen molar-refractivity contribution in [2.75, 3.05) is 13.7 Å². The highest BCUT2D eigenvalue weighted by atomic mass is 16.8. The molecule has 0 aliphatic carbocycles. The molecular weight excluding hydrogens is 783 g/mol. The summed E-state index contributed by atoms with van der Waals surface area (Å²) in [7, 11) is 1.60. The van der Waals surface area contributed by atoms with Gasteiger partial charge in [-0.2, -0.15) is 0 Å². The van der Waals surface area contributed by atoms with Crippen molar-refractivity contribution in [2.24, 2.45) is 5.11 Å². The van der Waals surface area contributed by atoms with Crippen LogP contribution in [-0.4, -0.2) is 87.1 Å². The third-order valence-electron chi connectivity index (χ3n) is 10.4. The van der Waals surface area contributed by atoms with Crippen molar-refractivity contribution in [1.82, 2.24) is 0 Å². The van der Waals surface area contributed by atoms with Crippen LogP contribution in [0.3, 0.4) is 0 Å². The molecule has 324 valence electrons. The van der Waals surface area contributed by atoms with Gasteiger partial charge >= 0.3 is 5.97 Å². The number of carbonyl (C=O) groups is 1. The van der Waals surface area contributed by atoms with E-state index in [1.54, 1.807) is 27.0 Å². The lowest BCUT2D eigenvalue weighted by atomic mass is 9.95. The maximum atomic E-state index is 12.6. The monoisotopic (exact) mass is 837 g/mol. The van der Waals surface area contributed by atoms with Crippen molar-refractivity contribution < 1.29 is 52.2 Å². The van der Waals surface area contributed by atoms with Crippen molar-refractivity contribution in [3.63, 3.8) is 0 Å². The lowest BCUT2D eigenvalue weighted by molar-refractivity contribution is -0.358. The predicted molar refractivity (Wildman–Crippen MR) is 225 cm³/mol. The average Bonchev–Trinajstić information content (AvgIpc) is 3.28. The number of azide groups is 1. The quantitative estimate of drug-likeness (QED) is 0.0263. The van der Waals surface area contributed by atoms with E-state index in [4.69, 9.17) is 47.4 Å². The minimum absolute atomic E-state index is 0.0229. The number of nitrogens with zero attached hydrogens (tertiary/aromatic N) is 3. The summed E-state index contributed by atoms with van der Waals surface area (Å²) in [5, 5.41) is 4.19. The summed E-state index contributed by atoms with van der Waals surface area (Å²) in [5.74, 6) is 0.182. The molecule has 0 saturated carbocycles. The van der Waals surface area contributed by atoms with E-state index in [0.29, 0.717) is 5.75 Å². The molecule has 0 N–H and O–H groups in total. The number of hydrogen-bond donors (Lipinski definition) is 0. The van der Waals surface area contributed by atoms with Crippen LogP contribution in [0.5, 0.6) is 5.75 Å². The lowest BCUT2D eigenvalue weighted by Crippen LogP contribution is -2.65. The van der Waals surface area contributed by atoms with Gasteiger partial charge in [0.05, 0.1) is 52.4 Å². The van der Waals surface area contributed by atoms with Gasteiger partial charge in [0.15, 0.2) is 18.7 Å². The van der Waals surface area contributed by atoms with E-state index < -0.39 is 73.4 Å². The molecule has 2 aliphatic heterocycles. The third-order valence-corrected chi connectivity index (χ3v) is 10.4. The van der Waals surface area contributed by atoms with E-state index in [-0.39, 0.29) is 33.0 Å². The van der Waals surface area contributed by atoms with Gasteiger partial charge in [-0.3, -0.25) is 4.79 Å². The fourth-order valence-corrected chi connectivity index (χ4v) is 7.22. The summed E-state index contributed by atoms with van der Waals surface area (Å²) in [6.07, 6.45) is -7.38. The summed E-state index contributed by atoms with van der Waals surface area (Å²) in [5.41, 5.74) is 13.5. The summed E-state index contributed by atoms with van der Waals surface area (Å²) in [4.78, 5) is 15.8. The summed E-state index contributed by atoms with van der Waals surface area (Å²) in [6, 6.07) is 35.4. The zero-order chi connectivity index (χ0) is 43.0. The Morgan fingerprint density at radius 2 is 1.28 bits per heavy atom. The maximum absolute atomic E-state index is 12.6. The fraction of sp³-hybridized carbons (Fsp3) is 0.426. The van der Waals surface area contributed by atoms with Crippen molar-refractivity contribution in [3.05, 3.63) is 161 Å². The molecule has 2 unspecified atom stereocenters. The highest BCUT2D eigenvalue weighted by Crippen LogP contribution is 2.36. The van der Waals surface area contributed by atoms with Gasteiger partial charge < -0.3 is 47.4 Å². The molecule has 0 aromatic heterocycles. The Bertz CT molecular complexity index is 1970. The van der Waals surface area contributed by atoms with Crippen molar-refractivity contribution in [1.29, 1.82) is 0 Å². The molecule has 0 spiro atoms. The Morgan fingerprint density at radius 1 is 0.738 bits per heavy atom. The molecule has 61 heavy (non-hydrogen) atoms. The molecule has 2 aliphatic rings. The molecule has 0 bridgehead atoms. The minimum Gasteiger partial charge on any atom is -0.497 e. The molecule has 14 heteroatoms. The second kappa shape index (κ2) is 23.2. The van der Waals surface area contributed by atoms with E-state index in [2.05, 4.69) is 16.6 Å². The van der Waals surface area contributed by atoms with Crippen LogP contribution in [0.25, 0.3) is 10.4 Å². The molecule has 6 rings (SSSR count). The van der Waals surface area contributed by atoms with Crippen LogP contribution in [0.4, 0.5) is 0 Å². The van der Waals surface area contributed by atoms with E-state index in [9.17, 15) is 10.3 Å². The van der Waals surface area contributed by atoms with Gasteiger partial charge in [-0.25, -0.2) is 0 Å². The van der Waals surface area contributed by atoms with Crippen molar-refractivity contribution in [2.45, 2.75) is 115 Å². The van der Waals surface area contributed by atoms with Crippen molar-refractivity contribution in [3.8, 4) is 5.75 Å². The SMILES string of the molecule is C=CC(C)O[C@@H]1O[C@H](COCc2ccccc2)[C@@H](OC2O[C@@H](C)[C@@H](OC(C)=O)[C@@H](OCc3ccccc3)[C@@H]2OCc2ccccc2)[C@H](OCc2ccc(OC)cc2)[C@H]1N=[N+]=[N-]. The van der Waals surface area contributed by atoms with Crippen LogP contribution < -0.4 is 4.74 Å². The van der Waals surface area contributed by atoms with Gasteiger partial charge in [0.2, 0.25) is 0 Å². The highest BCUT2D eigenvalue weighted by Gasteiger charge is 2.54. The molecule has 2 heterocycles. The Morgan fingerprint density at radius 3 is 1.82 bits per heavy atom. The Hall–Kier alpha value is -5.12. The van der Waals surface area contributed by atoms with Gasteiger partial charge in [-0.15, -0.1) is 6.58 Å². The molecule has 14 nitrogen and oxygen atoms in total. The van der Waals surface area contributed by atoms with Crippen molar-refractivity contribution >= 4 is 5.97 Å². The largest absolute Gasteiger partial charge is 0.497 e. The molecule has 11 atom stereocenters. The number of hydrogen-bond acceptors (Lipinski definition) is 12. The second-order valence-corrected chi connectivity index (χ2v) is 14.8. The minimum atomic E-state index is -1.15. The number of carbonyl (C=O) groups excluding carboxylic acids is 1. The van der Waals surface area contributed by atoms with Gasteiger partial charge in [0, 0.05) is 11.8 Å². The maximum Gasteiger partial charge on any atom is 0.303 e. The lowest BCUT2D eigenvalue weighted by Gasteiger charge is -2.49. The van der Waals surface area contributed by atoms with Crippen LogP contribution in [0.2, 0.25) is 0 Å². The number of ether oxygens (including phenoxy) is 10. The topological polar surface area (TPSA) is 158 Å². The van der Waals surface area contributed by atoms with Crippen LogP contribution in [0, 0.1) is 0 Å². The zero-order valence-corrected chi connectivity index (χ0v) is 35.0. The van der Waals surface area contributed by atoms with Crippen LogP contribution in [-0.2, 0) is 73.9 Å². The smallest absolute Gasteiger partial charge is 0.303 e. The van der Waals surface area contributed by atoms with Crippen LogP contribution >= 0.6 is 0 Å². The molecule has 0 amide bonds. The molecule has 0 radical (unpaired) electrons. The van der Waals surface area contributed by atoms with E-state index in [1.165, 1.54) is 6.92 Å². The molecule has 2 fully saturated rings. The van der Waals surface area contributed by atoms with Gasteiger partial charge in [0.25, 0.3) is 0 Å². The number of methoxy groups -OCH3 is 1. The summed E-state index contributed by atoms with van der Waals surface area (Å²) in [6.45, 7) is 9.54. The number of benzene rings is 4. The first-order valence-electron chi connectivity index (χ1n) is 20.4. The first-order valence-corrected chi connectivity index (χ1v) is 20.4. The number of rotatable bonds is 21. The predicted octanol–water partition coefficient (Wildman–Crippen LogP) is 8.02.